The number of H-pyrrole nitrogens is 1. The van der Waals surface area contributed by atoms with E-state index in [1.807, 2.05) is 36.4 Å². The second kappa shape index (κ2) is 8.43. The molecule has 32 heavy (non-hydrogen) atoms. The fourth-order valence-corrected chi connectivity index (χ4v) is 4.73. The summed E-state index contributed by atoms with van der Waals surface area (Å²) in [6.45, 7) is 2.25. The third-order valence-corrected chi connectivity index (χ3v) is 6.47. The predicted molar refractivity (Wildman–Crippen MR) is 124 cm³/mol. The Labute approximate surface area is 188 Å². The van der Waals surface area contributed by atoms with Crippen LogP contribution in [0.3, 0.4) is 0 Å². The number of nitrogens with zero attached hydrogens (tertiary/aromatic N) is 4. The number of aromatic nitrogens is 4. The van der Waals surface area contributed by atoms with E-state index in [-0.39, 0.29) is 11.8 Å². The number of nitrogens with one attached hydrogen (secondary N) is 2. The number of aromatic amines is 1. The molecule has 160 valence electrons. The van der Waals surface area contributed by atoms with Crippen molar-refractivity contribution in [3.63, 3.8) is 0 Å². The fourth-order valence-electron chi connectivity index (χ4n) is 3.82. The van der Waals surface area contributed by atoms with Crippen LogP contribution in [0.2, 0.25) is 0 Å². The SMILES string of the molecule is CC(=O)N1CCc2cc(NC(=O)c3cccc(CSc4ncnc5[nH]ncc45)c3)ccc21. The average molecular weight is 445 g/mol. The Morgan fingerprint density at radius 3 is 2.97 bits per heavy atom. The van der Waals surface area contributed by atoms with Crippen LogP contribution < -0.4 is 10.2 Å². The van der Waals surface area contributed by atoms with Gasteiger partial charge in [-0.1, -0.05) is 12.1 Å². The lowest BCUT2D eigenvalue weighted by atomic mass is 10.1. The van der Waals surface area contributed by atoms with Gasteiger partial charge in [0.25, 0.3) is 5.91 Å². The lowest BCUT2D eigenvalue weighted by molar-refractivity contribution is -0.116. The Kier molecular flexibility index (Phi) is 5.32. The van der Waals surface area contributed by atoms with Crippen molar-refractivity contribution in [2.75, 3.05) is 16.8 Å². The molecule has 1 aliphatic rings. The first kappa shape index (κ1) is 20.2. The van der Waals surface area contributed by atoms with Gasteiger partial charge in [-0.05, 0) is 47.9 Å². The molecule has 4 aromatic rings. The van der Waals surface area contributed by atoms with Crippen molar-refractivity contribution in [2.24, 2.45) is 0 Å². The van der Waals surface area contributed by atoms with E-state index in [1.54, 1.807) is 35.8 Å². The van der Waals surface area contributed by atoms with E-state index in [1.165, 1.54) is 6.33 Å². The number of benzene rings is 2. The lowest BCUT2D eigenvalue weighted by Crippen LogP contribution is -2.25. The van der Waals surface area contributed by atoms with Crippen molar-refractivity contribution in [1.82, 2.24) is 20.2 Å². The van der Waals surface area contributed by atoms with Crippen LogP contribution in [0.5, 0.6) is 0 Å². The molecule has 0 saturated carbocycles. The zero-order chi connectivity index (χ0) is 22.1. The average Bonchev–Trinajstić information content (AvgIpc) is 3.45. The minimum absolute atomic E-state index is 0.0330. The Bertz CT molecular complexity index is 1340. The molecule has 8 nitrogen and oxygen atoms in total. The summed E-state index contributed by atoms with van der Waals surface area (Å²) in [4.78, 5) is 34.8. The quantitative estimate of drug-likeness (QED) is 0.358. The summed E-state index contributed by atoms with van der Waals surface area (Å²) in [5, 5.41) is 11.6. The summed E-state index contributed by atoms with van der Waals surface area (Å²) in [5.74, 6) is 0.529. The number of rotatable bonds is 5. The molecule has 9 heteroatoms. The molecule has 0 saturated heterocycles. The monoisotopic (exact) mass is 444 g/mol. The molecule has 0 spiro atoms. The van der Waals surface area contributed by atoms with Crippen LogP contribution in [-0.2, 0) is 17.0 Å². The first-order chi connectivity index (χ1) is 15.6. The van der Waals surface area contributed by atoms with Crippen molar-refractivity contribution in [2.45, 2.75) is 24.1 Å². The van der Waals surface area contributed by atoms with Gasteiger partial charge < -0.3 is 10.2 Å². The summed E-state index contributed by atoms with van der Waals surface area (Å²) >= 11 is 1.57. The fraction of sp³-hybridized carbons (Fsp3) is 0.174. The van der Waals surface area contributed by atoms with Crippen LogP contribution in [0.4, 0.5) is 11.4 Å². The number of hydrogen-bond donors (Lipinski definition) is 2. The van der Waals surface area contributed by atoms with E-state index < -0.39 is 0 Å². The molecule has 0 radical (unpaired) electrons. The zero-order valence-corrected chi connectivity index (χ0v) is 18.1. The first-order valence-electron chi connectivity index (χ1n) is 10.2. The van der Waals surface area contributed by atoms with Gasteiger partial charge in [0.05, 0.1) is 11.6 Å². The highest BCUT2D eigenvalue weighted by Gasteiger charge is 2.22. The number of anilines is 2. The molecule has 0 bridgehead atoms. The van der Waals surface area contributed by atoms with E-state index in [0.717, 1.165) is 39.3 Å². The number of thioether (sulfide) groups is 1. The molecule has 2 N–H and O–H groups in total. The van der Waals surface area contributed by atoms with Crippen LogP contribution in [0.25, 0.3) is 11.0 Å². The number of amides is 2. The largest absolute Gasteiger partial charge is 0.322 e. The Balaban J connectivity index is 1.28. The van der Waals surface area contributed by atoms with Gasteiger partial charge >= 0.3 is 0 Å². The summed E-state index contributed by atoms with van der Waals surface area (Å²) < 4.78 is 0. The topological polar surface area (TPSA) is 104 Å². The van der Waals surface area contributed by atoms with Crippen molar-refractivity contribution < 1.29 is 9.59 Å². The Morgan fingerprint density at radius 2 is 2.09 bits per heavy atom. The molecular formula is C23H20N6O2S. The van der Waals surface area contributed by atoms with E-state index >= 15 is 0 Å². The Morgan fingerprint density at radius 1 is 1.19 bits per heavy atom. The van der Waals surface area contributed by atoms with Gasteiger partial charge in [0, 0.05) is 36.2 Å². The van der Waals surface area contributed by atoms with Crippen LogP contribution in [-0.4, -0.2) is 38.5 Å². The van der Waals surface area contributed by atoms with E-state index in [9.17, 15) is 9.59 Å². The second-order valence-electron chi connectivity index (χ2n) is 7.52. The zero-order valence-electron chi connectivity index (χ0n) is 17.3. The summed E-state index contributed by atoms with van der Waals surface area (Å²) in [6, 6.07) is 13.2. The predicted octanol–water partition coefficient (Wildman–Crippen LogP) is 3.81. The van der Waals surface area contributed by atoms with Crippen LogP contribution in [0, 0.1) is 0 Å². The lowest BCUT2D eigenvalue weighted by Gasteiger charge is -2.15. The molecule has 5 rings (SSSR count). The molecule has 3 heterocycles. The molecule has 2 aromatic carbocycles. The number of carbonyl (C=O) groups is 2. The molecule has 0 fully saturated rings. The molecule has 2 amide bonds. The van der Waals surface area contributed by atoms with Crippen LogP contribution in [0.15, 0.2) is 60.0 Å². The molecule has 0 unspecified atom stereocenters. The van der Waals surface area contributed by atoms with Gasteiger partial charge in [0.2, 0.25) is 5.91 Å². The van der Waals surface area contributed by atoms with Gasteiger partial charge in [-0.2, -0.15) is 5.10 Å². The summed E-state index contributed by atoms with van der Waals surface area (Å²) in [6.07, 6.45) is 4.02. The van der Waals surface area contributed by atoms with Gasteiger partial charge in [-0.25, -0.2) is 9.97 Å². The van der Waals surface area contributed by atoms with Crippen molar-refractivity contribution in [3.05, 3.63) is 71.7 Å². The van der Waals surface area contributed by atoms with Gasteiger partial charge in [0.1, 0.15) is 11.4 Å². The van der Waals surface area contributed by atoms with E-state index in [2.05, 4.69) is 25.5 Å². The highest BCUT2D eigenvalue weighted by molar-refractivity contribution is 7.98. The molecular weight excluding hydrogens is 424 g/mol. The third-order valence-electron chi connectivity index (χ3n) is 5.39. The third kappa shape index (κ3) is 3.94. The van der Waals surface area contributed by atoms with Crippen LogP contribution >= 0.6 is 11.8 Å². The molecule has 2 aromatic heterocycles. The minimum atomic E-state index is -0.169. The maximum absolute atomic E-state index is 12.8. The molecule has 0 aliphatic carbocycles. The number of carbonyl (C=O) groups excluding carboxylic acids is 2. The minimum Gasteiger partial charge on any atom is -0.322 e. The number of hydrogen-bond acceptors (Lipinski definition) is 6. The van der Waals surface area contributed by atoms with Gasteiger partial charge in [0.15, 0.2) is 5.65 Å². The molecule has 1 aliphatic heterocycles. The van der Waals surface area contributed by atoms with Crippen molar-refractivity contribution >= 4 is 46.0 Å². The molecule has 0 atom stereocenters. The van der Waals surface area contributed by atoms with Crippen molar-refractivity contribution in [3.8, 4) is 0 Å². The van der Waals surface area contributed by atoms with Crippen molar-refractivity contribution in [1.29, 1.82) is 0 Å². The number of fused-ring (bicyclic) bond motifs is 2. The van der Waals surface area contributed by atoms with Crippen LogP contribution in [0.1, 0.15) is 28.4 Å². The maximum Gasteiger partial charge on any atom is 0.255 e. The summed E-state index contributed by atoms with van der Waals surface area (Å²) in [7, 11) is 0. The highest BCUT2D eigenvalue weighted by Crippen LogP contribution is 2.31. The van der Waals surface area contributed by atoms with Gasteiger partial charge in [-0.3, -0.25) is 14.7 Å². The van der Waals surface area contributed by atoms with Gasteiger partial charge in [-0.15, -0.1) is 11.8 Å². The normalized spacial score (nSPS) is 12.7. The van der Waals surface area contributed by atoms with E-state index in [0.29, 0.717) is 23.5 Å². The second-order valence-corrected chi connectivity index (χ2v) is 8.48. The maximum atomic E-state index is 12.8. The standard InChI is InChI=1S/C23H20N6O2S/c1-14(30)29-8-7-16-10-18(5-6-20(16)29)27-22(31)17-4-2-3-15(9-17)12-32-23-19-11-26-28-21(19)24-13-25-23/h2-6,9-11,13H,7-8,12H2,1H3,(H,27,31)(H,24,25,26,28). The highest BCUT2D eigenvalue weighted by atomic mass is 32.2. The van der Waals surface area contributed by atoms with E-state index in [4.69, 9.17) is 0 Å². The summed E-state index contributed by atoms with van der Waals surface area (Å²) in [5.41, 5.74) is 5.03. The Hall–Kier alpha value is -3.72. The smallest absolute Gasteiger partial charge is 0.255 e. The first-order valence-corrected chi connectivity index (χ1v) is 11.2.